The average molecular weight is 199 g/mol. The Labute approximate surface area is 86.2 Å². The van der Waals surface area contributed by atoms with Gasteiger partial charge < -0.3 is 10.4 Å². The maximum atomic E-state index is 9.51. The Balaban J connectivity index is 0.000000255. The van der Waals surface area contributed by atoms with Crippen LogP contribution in [0, 0.1) is 0 Å². The normalized spacial score (nSPS) is 26.8. The molecule has 3 heteroatoms. The summed E-state index contributed by atoms with van der Waals surface area (Å²) >= 11 is 0. The molecule has 1 rings (SSSR count). The van der Waals surface area contributed by atoms with Crippen molar-refractivity contribution >= 4 is 5.97 Å². The molecule has 0 aromatic heterocycles. The predicted octanol–water partition coefficient (Wildman–Crippen LogP) is 2.18. The molecular weight excluding hydrogens is 178 g/mol. The molecule has 1 aliphatic heterocycles. The molecule has 1 heterocycles. The number of allylic oxidation sites excluding steroid dienone is 1. The summed E-state index contributed by atoms with van der Waals surface area (Å²) in [6.45, 7) is 6.18. The monoisotopic (exact) mass is 199 g/mol. The maximum absolute atomic E-state index is 9.51. The predicted molar refractivity (Wildman–Crippen MR) is 58.4 cm³/mol. The van der Waals surface area contributed by atoms with Crippen LogP contribution in [0.1, 0.15) is 40.0 Å². The van der Waals surface area contributed by atoms with Crippen molar-refractivity contribution in [2.45, 2.75) is 52.1 Å². The zero-order valence-corrected chi connectivity index (χ0v) is 9.29. The highest BCUT2D eigenvalue weighted by Crippen LogP contribution is 2.10. The number of rotatable bonds is 1. The molecule has 0 spiro atoms. The largest absolute Gasteiger partial charge is 0.478 e. The van der Waals surface area contributed by atoms with E-state index in [9.17, 15) is 4.79 Å². The first kappa shape index (κ1) is 13.2. The molecule has 82 valence electrons. The lowest BCUT2D eigenvalue weighted by Crippen LogP contribution is -2.38. The van der Waals surface area contributed by atoms with E-state index in [2.05, 4.69) is 19.2 Å². The van der Waals surface area contributed by atoms with Crippen molar-refractivity contribution in [3.05, 3.63) is 12.2 Å². The van der Waals surface area contributed by atoms with Crippen LogP contribution < -0.4 is 5.32 Å². The molecule has 0 radical (unpaired) electrons. The van der Waals surface area contributed by atoms with E-state index in [4.69, 9.17) is 5.11 Å². The fourth-order valence-electron chi connectivity index (χ4n) is 1.53. The van der Waals surface area contributed by atoms with Crippen molar-refractivity contribution in [2.24, 2.45) is 0 Å². The van der Waals surface area contributed by atoms with Crippen LogP contribution in [0.2, 0.25) is 0 Å². The highest BCUT2D eigenvalue weighted by Gasteiger charge is 2.11. The molecule has 1 aliphatic rings. The second-order valence-electron chi connectivity index (χ2n) is 3.74. The molecule has 0 aliphatic carbocycles. The van der Waals surface area contributed by atoms with E-state index in [1.807, 2.05) is 0 Å². The van der Waals surface area contributed by atoms with Gasteiger partial charge in [0.1, 0.15) is 0 Å². The van der Waals surface area contributed by atoms with Crippen molar-refractivity contribution in [1.29, 1.82) is 0 Å². The molecule has 0 aromatic rings. The van der Waals surface area contributed by atoms with E-state index in [1.165, 1.54) is 25.3 Å². The van der Waals surface area contributed by atoms with E-state index >= 15 is 0 Å². The first-order valence-electron chi connectivity index (χ1n) is 5.18. The standard InChI is InChI=1S/C7H15N.C4H6O2/c1-6-4-3-5-7(2)8-6;1-2-3-4(5)6/h6-8H,3-5H2,1-2H3;2-3H,1H3,(H,5,6)/b;3-2+. The SMILES string of the molecule is C/C=C/C(=O)O.CC1CCCC(C)N1. The molecule has 2 N–H and O–H groups in total. The highest BCUT2D eigenvalue weighted by molar-refractivity contribution is 5.79. The van der Waals surface area contributed by atoms with Gasteiger partial charge in [0.2, 0.25) is 0 Å². The molecule has 0 bridgehead atoms. The zero-order valence-electron chi connectivity index (χ0n) is 9.29. The number of aliphatic carboxylic acids is 1. The second-order valence-corrected chi connectivity index (χ2v) is 3.74. The number of hydrogen-bond acceptors (Lipinski definition) is 2. The quantitative estimate of drug-likeness (QED) is 0.636. The summed E-state index contributed by atoms with van der Waals surface area (Å²) < 4.78 is 0. The number of carboxylic acid groups (broad SMARTS) is 1. The van der Waals surface area contributed by atoms with Gasteiger partial charge in [0, 0.05) is 18.2 Å². The average Bonchev–Trinajstić information content (AvgIpc) is 2.03. The third kappa shape index (κ3) is 7.80. The summed E-state index contributed by atoms with van der Waals surface area (Å²) in [5, 5.41) is 11.3. The second kappa shape index (κ2) is 7.56. The van der Waals surface area contributed by atoms with Crippen LogP contribution in [0.3, 0.4) is 0 Å². The Morgan fingerprint density at radius 2 is 1.86 bits per heavy atom. The molecule has 14 heavy (non-hydrogen) atoms. The lowest BCUT2D eigenvalue weighted by Gasteiger charge is -2.25. The van der Waals surface area contributed by atoms with E-state index in [1.54, 1.807) is 6.92 Å². The van der Waals surface area contributed by atoms with Gasteiger partial charge in [-0.3, -0.25) is 0 Å². The van der Waals surface area contributed by atoms with Gasteiger partial charge in [-0.2, -0.15) is 0 Å². The van der Waals surface area contributed by atoms with Gasteiger partial charge in [-0.15, -0.1) is 0 Å². The van der Waals surface area contributed by atoms with Gasteiger partial charge in [-0.25, -0.2) is 4.79 Å². The summed E-state index contributed by atoms with van der Waals surface area (Å²) in [5.41, 5.74) is 0. The Kier molecular flexibility index (Phi) is 7.11. The van der Waals surface area contributed by atoms with Crippen LogP contribution in [-0.4, -0.2) is 23.2 Å². The number of hydrogen-bond donors (Lipinski definition) is 2. The first-order valence-corrected chi connectivity index (χ1v) is 5.18. The van der Waals surface area contributed by atoms with Gasteiger partial charge in [0.25, 0.3) is 0 Å². The van der Waals surface area contributed by atoms with Crippen molar-refractivity contribution in [3.8, 4) is 0 Å². The number of carbonyl (C=O) groups is 1. The summed E-state index contributed by atoms with van der Waals surface area (Å²) in [7, 11) is 0. The fraction of sp³-hybridized carbons (Fsp3) is 0.727. The van der Waals surface area contributed by atoms with Crippen LogP contribution in [0.5, 0.6) is 0 Å². The zero-order chi connectivity index (χ0) is 11.0. The minimum absolute atomic E-state index is 0.763. The lowest BCUT2D eigenvalue weighted by molar-refractivity contribution is -0.131. The molecule has 0 saturated carbocycles. The fourth-order valence-corrected chi connectivity index (χ4v) is 1.53. The molecular formula is C11H21NO2. The van der Waals surface area contributed by atoms with E-state index in [0.717, 1.165) is 18.2 Å². The molecule has 1 fully saturated rings. The highest BCUT2D eigenvalue weighted by atomic mass is 16.4. The summed E-state index contributed by atoms with van der Waals surface area (Å²) in [6.07, 6.45) is 6.70. The molecule has 2 atom stereocenters. The van der Waals surface area contributed by atoms with Crippen LogP contribution in [0.4, 0.5) is 0 Å². The maximum Gasteiger partial charge on any atom is 0.327 e. The van der Waals surface area contributed by atoms with Crippen molar-refractivity contribution in [1.82, 2.24) is 5.32 Å². The molecule has 0 aromatic carbocycles. The number of carboxylic acids is 1. The van der Waals surface area contributed by atoms with Crippen molar-refractivity contribution < 1.29 is 9.90 Å². The smallest absolute Gasteiger partial charge is 0.327 e. The summed E-state index contributed by atoms with van der Waals surface area (Å²) in [4.78, 5) is 9.51. The Morgan fingerprint density at radius 1 is 1.36 bits per heavy atom. The van der Waals surface area contributed by atoms with Gasteiger partial charge in [-0.1, -0.05) is 12.5 Å². The van der Waals surface area contributed by atoms with E-state index in [-0.39, 0.29) is 0 Å². The topological polar surface area (TPSA) is 49.3 Å². The van der Waals surface area contributed by atoms with Crippen LogP contribution in [0.15, 0.2) is 12.2 Å². The molecule has 3 nitrogen and oxygen atoms in total. The van der Waals surface area contributed by atoms with Crippen LogP contribution >= 0.6 is 0 Å². The summed E-state index contributed by atoms with van der Waals surface area (Å²) in [5.74, 6) is -0.891. The number of piperidine rings is 1. The summed E-state index contributed by atoms with van der Waals surface area (Å²) in [6, 6.07) is 1.53. The number of nitrogens with one attached hydrogen (secondary N) is 1. The van der Waals surface area contributed by atoms with Gasteiger partial charge >= 0.3 is 5.97 Å². The third-order valence-corrected chi connectivity index (χ3v) is 2.15. The van der Waals surface area contributed by atoms with Crippen molar-refractivity contribution in [3.63, 3.8) is 0 Å². The minimum atomic E-state index is -0.891. The third-order valence-electron chi connectivity index (χ3n) is 2.15. The Morgan fingerprint density at radius 3 is 2.00 bits per heavy atom. The van der Waals surface area contributed by atoms with Crippen LogP contribution in [0.25, 0.3) is 0 Å². The van der Waals surface area contributed by atoms with Gasteiger partial charge in [0.15, 0.2) is 0 Å². The Hall–Kier alpha value is -0.830. The van der Waals surface area contributed by atoms with Gasteiger partial charge in [0.05, 0.1) is 0 Å². The van der Waals surface area contributed by atoms with E-state index < -0.39 is 5.97 Å². The molecule has 2 unspecified atom stereocenters. The Bertz CT molecular complexity index is 182. The van der Waals surface area contributed by atoms with Crippen LogP contribution in [-0.2, 0) is 4.79 Å². The molecule has 1 saturated heterocycles. The van der Waals surface area contributed by atoms with Crippen molar-refractivity contribution in [2.75, 3.05) is 0 Å². The van der Waals surface area contributed by atoms with Gasteiger partial charge in [-0.05, 0) is 33.6 Å². The minimum Gasteiger partial charge on any atom is -0.478 e. The first-order chi connectivity index (χ1) is 6.56. The molecule has 0 amide bonds. The lowest BCUT2D eigenvalue weighted by atomic mass is 10.0. The van der Waals surface area contributed by atoms with E-state index in [0.29, 0.717) is 0 Å².